The molecule has 1 aromatic carbocycles. The van der Waals surface area contributed by atoms with Gasteiger partial charge in [0.1, 0.15) is 0 Å². The summed E-state index contributed by atoms with van der Waals surface area (Å²) in [6.45, 7) is 6.30. The first-order valence-corrected chi connectivity index (χ1v) is 7.20. The molecule has 0 amide bonds. The summed E-state index contributed by atoms with van der Waals surface area (Å²) in [5.41, 5.74) is 3.70. The summed E-state index contributed by atoms with van der Waals surface area (Å²) >= 11 is 0. The minimum Gasteiger partial charge on any atom is -0.359 e. The van der Waals surface area contributed by atoms with Gasteiger partial charge in [0, 0.05) is 32.4 Å². The Kier molecular flexibility index (Phi) is 3.49. The van der Waals surface area contributed by atoms with Crippen LogP contribution in [0.3, 0.4) is 0 Å². The molecule has 1 fully saturated rings. The van der Waals surface area contributed by atoms with Gasteiger partial charge in [0.25, 0.3) is 0 Å². The van der Waals surface area contributed by atoms with Gasteiger partial charge in [-0.2, -0.15) is 5.10 Å². The van der Waals surface area contributed by atoms with Crippen molar-refractivity contribution < 1.29 is 0 Å². The maximum atomic E-state index is 4.49. The summed E-state index contributed by atoms with van der Waals surface area (Å²) in [5.74, 6) is 0. The topological polar surface area (TPSA) is 33.1 Å². The number of piperazine rings is 1. The Morgan fingerprint density at radius 2 is 2.00 bits per heavy atom. The highest BCUT2D eigenvalue weighted by molar-refractivity contribution is 5.52. The van der Waals surface area contributed by atoms with E-state index in [2.05, 4.69) is 65.7 Å². The second-order valence-electron chi connectivity index (χ2n) is 5.66. The Morgan fingerprint density at radius 3 is 2.65 bits per heavy atom. The van der Waals surface area contributed by atoms with Crippen molar-refractivity contribution in [2.45, 2.75) is 25.9 Å². The summed E-state index contributed by atoms with van der Waals surface area (Å²) in [6, 6.07) is 11.6. The van der Waals surface area contributed by atoms with Crippen molar-refractivity contribution in [3.63, 3.8) is 0 Å². The third-order valence-electron chi connectivity index (χ3n) is 3.99. The van der Waals surface area contributed by atoms with E-state index in [1.165, 1.54) is 11.3 Å². The predicted octanol–water partition coefficient (Wildman–Crippen LogP) is 2.27. The van der Waals surface area contributed by atoms with Crippen LogP contribution in [0.5, 0.6) is 0 Å². The molecule has 106 valence electrons. The van der Waals surface area contributed by atoms with E-state index in [1.807, 2.05) is 11.7 Å². The molecular formula is C16H22N4. The predicted molar refractivity (Wildman–Crippen MR) is 81.9 cm³/mol. The lowest BCUT2D eigenvalue weighted by molar-refractivity contribution is 0.416. The van der Waals surface area contributed by atoms with E-state index in [0.717, 1.165) is 18.8 Å². The fraction of sp³-hybridized carbons (Fsp3) is 0.438. The van der Waals surface area contributed by atoms with Gasteiger partial charge in [0.05, 0.1) is 17.4 Å². The average Bonchev–Trinajstić information content (AvgIpc) is 2.78. The van der Waals surface area contributed by atoms with Crippen LogP contribution >= 0.6 is 0 Å². The van der Waals surface area contributed by atoms with E-state index in [9.17, 15) is 0 Å². The molecule has 2 atom stereocenters. The van der Waals surface area contributed by atoms with Crippen molar-refractivity contribution in [3.8, 4) is 0 Å². The first-order chi connectivity index (χ1) is 9.65. The molecule has 1 aliphatic heterocycles. The number of hydrogen-bond acceptors (Lipinski definition) is 3. The van der Waals surface area contributed by atoms with E-state index in [1.54, 1.807) is 0 Å². The summed E-state index contributed by atoms with van der Waals surface area (Å²) in [5, 5.41) is 8.08. The van der Waals surface area contributed by atoms with E-state index < -0.39 is 0 Å². The molecule has 2 aromatic rings. The van der Waals surface area contributed by atoms with Crippen LogP contribution in [0, 0.1) is 6.92 Å². The molecule has 0 saturated carbocycles. The third kappa shape index (κ3) is 2.43. The van der Waals surface area contributed by atoms with Gasteiger partial charge in [-0.1, -0.05) is 30.3 Å². The average molecular weight is 270 g/mol. The molecule has 0 aliphatic carbocycles. The number of aryl methyl sites for hydroxylation is 2. The maximum Gasteiger partial charge on any atom is 0.0827 e. The normalized spacial score (nSPS) is 23.1. The number of aromatic nitrogens is 2. The van der Waals surface area contributed by atoms with Crippen molar-refractivity contribution in [2.24, 2.45) is 7.05 Å². The van der Waals surface area contributed by atoms with E-state index in [0.29, 0.717) is 12.1 Å². The molecule has 2 heterocycles. The van der Waals surface area contributed by atoms with Gasteiger partial charge in [-0.15, -0.1) is 0 Å². The smallest absolute Gasteiger partial charge is 0.0827 e. The summed E-state index contributed by atoms with van der Waals surface area (Å²) in [7, 11) is 1.99. The number of nitrogens with one attached hydrogen (secondary N) is 1. The highest BCUT2D eigenvalue weighted by Crippen LogP contribution is 2.31. The molecule has 4 nitrogen and oxygen atoms in total. The van der Waals surface area contributed by atoms with Crippen molar-refractivity contribution >= 4 is 5.69 Å². The molecule has 1 N–H and O–H groups in total. The molecule has 4 heteroatoms. The minimum atomic E-state index is 0.371. The molecule has 0 bridgehead atoms. The van der Waals surface area contributed by atoms with Crippen molar-refractivity contribution in [2.75, 3.05) is 18.0 Å². The van der Waals surface area contributed by atoms with Gasteiger partial charge in [0.15, 0.2) is 0 Å². The molecule has 1 aromatic heterocycles. The van der Waals surface area contributed by atoms with Crippen LogP contribution in [0.1, 0.15) is 24.2 Å². The van der Waals surface area contributed by atoms with Gasteiger partial charge in [-0.05, 0) is 19.4 Å². The van der Waals surface area contributed by atoms with E-state index in [-0.39, 0.29) is 0 Å². The fourth-order valence-electron chi connectivity index (χ4n) is 3.02. The van der Waals surface area contributed by atoms with Gasteiger partial charge < -0.3 is 10.2 Å². The van der Waals surface area contributed by atoms with Crippen LogP contribution < -0.4 is 10.2 Å². The molecule has 1 aliphatic rings. The number of hydrogen-bond donors (Lipinski definition) is 1. The second-order valence-corrected chi connectivity index (χ2v) is 5.66. The summed E-state index contributed by atoms with van der Waals surface area (Å²) in [4.78, 5) is 2.48. The van der Waals surface area contributed by atoms with Crippen LogP contribution in [-0.2, 0) is 7.05 Å². The van der Waals surface area contributed by atoms with Crippen LogP contribution in [-0.4, -0.2) is 28.9 Å². The minimum absolute atomic E-state index is 0.371. The number of nitrogens with zero attached hydrogens (tertiary/aromatic N) is 3. The number of anilines is 1. The van der Waals surface area contributed by atoms with Crippen LogP contribution in [0.2, 0.25) is 0 Å². The lowest BCUT2D eigenvalue weighted by Gasteiger charge is -2.41. The summed E-state index contributed by atoms with van der Waals surface area (Å²) in [6.07, 6.45) is 2.13. The Bertz CT molecular complexity index is 575. The van der Waals surface area contributed by atoms with Crippen molar-refractivity contribution in [1.82, 2.24) is 15.1 Å². The maximum absolute atomic E-state index is 4.49. The molecule has 20 heavy (non-hydrogen) atoms. The molecule has 1 saturated heterocycles. The lowest BCUT2D eigenvalue weighted by Crippen LogP contribution is -2.51. The first kappa shape index (κ1) is 13.2. The number of benzene rings is 1. The van der Waals surface area contributed by atoms with E-state index >= 15 is 0 Å². The molecule has 3 rings (SSSR count). The standard InChI is InChI=1S/C16H22N4/c1-12-10-20(16-11-19(3)18-13(16)2)15(9-17-12)14-7-5-4-6-8-14/h4-8,11-12,15,17H,9-10H2,1-3H3. The van der Waals surface area contributed by atoms with Crippen LogP contribution in [0.4, 0.5) is 5.69 Å². The second kappa shape index (κ2) is 5.29. The van der Waals surface area contributed by atoms with Gasteiger partial charge in [-0.3, -0.25) is 4.68 Å². The van der Waals surface area contributed by atoms with Crippen LogP contribution in [0.15, 0.2) is 36.5 Å². The number of rotatable bonds is 2. The molecular weight excluding hydrogens is 248 g/mol. The Morgan fingerprint density at radius 1 is 1.25 bits per heavy atom. The zero-order valence-corrected chi connectivity index (χ0v) is 12.4. The highest BCUT2D eigenvalue weighted by Gasteiger charge is 2.29. The highest BCUT2D eigenvalue weighted by atomic mass is 15.3. The lowest BCUT2D eigenvalue weighted by atomic mass is 10.0. The van der Waals surface area contributed by atoms with Gasteiger partial charge >= 0.3 is 0 Å². The van der Waals surface area contributed by atoms with Crippen LogP contribution in [0.25, 0.3) is 0 Å². The molecule has 0 spiro atoms. The Hall–Kier alpha value is -1.81. The zero-order valence-electron chi connectivity index (χ0n) is 12.4. The van der Waals surface area contributed by atoms with E-state index in [4.69, 9.17) is 0 Å². The Labute approximate surface area is 120 Å². The molecule has 0 radical (unpaired) electrons. The summed E-state index contributed by atoms with van der Waals surface area (Å²) < 4.78 is 1.90. The fourth-order valence-corrected chi connectivity index (χ4v) is 3.02. The van der Waals surface area contributed by atoms with Crippen molar-refractivity contribution in [3.05, 3.63) is 47.8 Å². The zero-order chi connectivity index (χ0) is 14.1. The molecule has 2 unspecified atom stereocenters. The van der Waals surface area contributed by atoms with Gasteiger partial charge in [-0.25, -0.2) is 0 Å². The quantitative estimate of drug-likeness (QED) is 0.909. The Balaban J connectivity index is 1.97. The first-order valence-electron chi connectivity index (χ1n) is 7.20. The van der Waals surface area contributed by atoms with Gasteiger partial charge in [0.2, 0.25) is 0 Å². The largest absolute Gasteiger partial charge is 0.359 e. The SMILES string of the molecule is Cc1nn(C)cc1N1CC(C)NCC1c1ccccc1. The van der Waals surface area contributed by atoms with Crippen molar-refractivity contribution in [1.29, 1.82) is 0 Å². The third-order valence-corrected chi connectivity index (χ3v) is 3.99. The monoisotopic (exact) mass is 270 g/mol.